The first-order valence-electron chi connectivity index (χ1n) is 11.1. The van der Waals surface area contributed by atoms with E-state index >= 15 is 0 Å². The van der Waals surface area contributed by atoms with Gasteiger partial charge < -0.3 is 4.74 Å². The summed E-state index contributed by atoms with van der Waals surface area (Å²) in [5.74, 6) is 0.320. The number of alkyl halides is 3. The van der Waals surface area contributed by atoms with Gasteiger partial charge in [0.15, 0.2) is 0 Å². The van der Waals surface area contributed by atoms with Crippen LogP contribution in [0.1, 0.15) is 23.1 Å². The maximum Gasteiger partial charge on any atom is 0.416 e. The van der Waals surface area contributed by atoms with Crippen molar-refractivity contribution in [3.8, 4) is 5.88 Å². The Balaban J connectivity index is 1.28. The second-order valence-electron chi connectivity index (χ2n) is 8.04. The lowest BCUT2D eigenvalue weighted by Crippen LogP contribution is -2.36. The highest BCUT2D eigenvalue weighted by molar-refractivity contribution is 7.89. The van der Waals surface area contributed by atoms with Gasteiger partial charge >= 0.3 is 6.18 Å². The zero-order chi connectivity index (χ0) is 25.6. The summed E-state index contributed by atoms with van der Waals surface area (Å²) < 4.78 is 71.3. The number of pyridine rings is 1. The second-order valence-corrected chi connectivity index (χ2v) is 9.98. The molecule has 0 unspecified atom stereocenters. The van der Waals surface area contributed by atoms with Gasteiger partial charge in [-0.15, -0.1) is 0 Å². The molecule has 0 saturated carbocycles. The fourth-order valence-electron chi connectivity index (χ4n) is 3.50. The SMILES string of the molecule is O=S(=O)(c1ccc(OCc2ccccc2)nc1)N1CC=C(NOCc2cccc(C(F)(F)F)c2)CC1. The van der Waals surface area contributed by atoms with Crippen molar-refractivity contribution in [2.45, 2.75) is 30.7 Å². The van der Waals surface area contributed by atoms with Crippen LogP contribution in [0.2, 0.25) is 0 Å². The van der Waals surface area contributed by atoms with Crippen molar-refractivity contribution in [3.05, 3.63) is 101 Å². The average Bonchev–Trinajstić information content (AvgIpc) is 2.88. The number of nitrogens with one attached hydrogen (secondary N) is 1. The topological polar surface area (TPSA) is 80.8 Å². The molecule has 0 saturated heterocycles. The zero-order valence-electron chi connectivity index (χ0n) is 19.1. The largest absolute Gasteiger partial charge is 0.473 e. The van der Waals surface area contributed by atoms with Gasteiger partial charge in [0, 0.05) is 31.3 Å². The van der Waals surface area contributed by atoms with Crippen molar-refractivity contribution < 1.29 is 31.2 Å². The first-order chi connectivity index (χ1) is 17.2. The first kappa shape index (κ1) is 25.7. The van der Waals surface area contributed by atoms with E-state index in [-0.39, 0.29) is 24.6 Å². The van der Waals surface area contributed by atoms with Crippen molar-refractivity contribution in [1.29, 1.82) is 0 Å². The number of aromatic nitrogens is 1. The van der Waals surface area contributed by atoms with Gasteiger partial charge in [-0.3, -0.25) is 10.3 Å². The zero-order valence-corrected chi connectivity index (χ0v) is 19.9. The van der Waals surface area contributed by atoms with Crippen LogP contribution in [0.25, 0.3) is 0 Å². The molecule has 0 bridgehead atoms. The third-order valence-corrected chi connectivity index (χ3v) is 7.29. The Morgan fingerprint density at radius 1 is 0.972 bits per heavy atom. The van der Waals surface area contributed by atoms with E-state index in [1.54, 1.807) is 6.08 Å². The minimum atomic E-state index is -4.42. The van der Waals surface area contributed by atoms with Gasteiger partial charge in [-0.1, -0.05) is 42.5 Å². The van der Waals surface area contributed by atoms with Crippen LogP contribution in [0.5, 0.6) is 5.88 Å². The molecule has 0 amide bonds. The normalized spacial score (nSPS) is 14.8. The Hall–Kier alpha value is -3.41. The lowest BCUT2D eigenvalue weighted by atomic mass is 10.1. The van der Waals surface area contributed by atoms with E-state index in [9.17, 15) is 21.6 Å². The summed E-state index contributed by atoms with van der Waals surface area (Å²) >= 11 is 0. The summed E-state index contributed by atoms with van der Waals surface area (Å²) in [4.78, 5) is 9.49. The number of sulfonamides is 1. The van der Waals surface area contributed by atoms with E-state index in [0.29, 0.717) is 30.2 Å². The maximum absolute atomic E-state index is 13.0. The third kappa shape index (κ3) is 6.62. The van der Waals surface area contributed by atoms with Gasteiger partial charge in [-0.2, -0.15) is 17.5 Å². The summed E-state index contributed by atoms with van der Waals surface area (Å²) in [6.07, 6.45) is -1.13. The molecule has 0 atom stereocenters. The summed E-state index contributed by atoms with van der Waals surface area (Å²) in [6, 6.07) is 17.4. The van der Waals surface area contributed by atoms with Crippen molar-refractivity contribution in [3.63, 3.8) is 0 Å². The summed E-state index contributed by atoms with van der Waals surface area (Å²) in [5.41, 5.74) is 3.94. The van der Waals surface area contributed by atoms with Crippen LogP contribution in [-0.2, 0) is 34.3 Å². The van der Waals surface area contributed by atoms with Crippen LogP contribution in [0.15, 0.2) is 89.6 Å². The van der Waals surface area contributed by atoms with Crippen LogP contribution < -0.4 is 10.2 Å². The van der Waals surface area contributed by atoms with Crippen molar-refractivity contribution in [1.82, 2.24) is 14.8 Å². The van der Waals surface area contributed by atoms with Gasteiger partial charge in [-0.25, -0.2) is 13.4 Å². The number of hydrogen-bond acceptors (Lipinski definition) is 6. The van der Waals surface area contributed by atoms with Crippen LogP contribution in [0, 0.1) is 0 Å². The summed E-state index contributed by atoms with van der Waals surface area (Å²) in [6.45, 7) is 0.570. The quantitative estimate of drug-likeness (QED) is 0.414. The highest BCUT2D eigenvalue weighted by atomic mass is 32.2. The molecule has 3 aromatic rings. The highest BCUT2D eigenvalue weighted by Crippen LogP contribution is 2.29. The molecule has 4 rings (SSSR count). The van der Waals surface area contributed by atoms with E-state index in [1.165, 1.54) is 34.8 Å². The van der Waals surface area contributed by atoms with Gasteiger partial charge in [0.1, 0.15) is 11.5 Å². The average molecular weight is 520 g/mol. The minimum Gasteiger partial charge on any atom is -0.473 e. The molecule has 0 aliphatic carbocycles. The lowest BCUT2D eigenvalue weighted by Gasteiger charge is -2.26. The predicted octanol–water partition coefficient (Wildman–Crippen LogP) is 4.68. The molecule has 36 heavy (non-hydrogen) atoms. The molecule has 1 aliphatic rings. The standard InChI is InChI=1S/C25H24F3N3O4S/c26-25(27,28)21-8-4-7-20(15-21)18-35-30-22-11-13-31(14-12-22)36(32,33)23-9-10-24(29-16-23)34-17-19-5-2-1-3-6-19/h1-11,15-16,30H,12-14,17-18H2. The van der Waals surface area contributed by atoms with Crippen molar-refractivity contribution in [2.24, 2.45) is 0 Å². The van der Waals surface area contributed by atoms with Crippen LogP contribution in [-0.4, -0.2) is 30.8 Å². The molecule has 0 radical (unpaired) electrons. The first-order valence-corrected chi connectivity index (χ1v) is 12.5. The molecule has 7 nitrogen and oxygen atoms in total. The summed E-state index contributed by atoms with van der Waals surface area (Å²) in [7, 11) is -3.76. The molecular weight excluding hydrogens is 495 g/mol. The lowest BCUT2D eigenvalue weighted by molar-refractivity contribution is -0.137. The molecule has 190 valence electrons. The fraction of sp³-hybridized carbons (Fsp3) is 0.240. The minimum absolute atomic E-state index is 0.0557. The van der Waals surface area contributed by atoms with Crippen LogP contribution in [0.4, 0.5) is 13.2 Å². The predicted molar refractivity (Wildman–Crippen MR) is 126 cm³/mol. The van der Waals surface area contributed by atoms with Gasteiger partial charge in [0.25, 0.3) is 0 Å². The number of benzene rings is 2. The third-order valence-electron chi connectivity index (χ3n) is 5.44. The van der Waals surface area contributed by atoms with Crippen LogP contribution >= 0.6 is 0 Å². The molecular formula is C25H24F3N3O4S. The maximum atomic E-state index is 13.0. The smallest absolute Gasteiger partial charge is 0.416 e. The Morgan fingerprint density at radius 3 is 2.42 bits per heavy atom. The number of hydrogen-bond donors (Lipinski definition) is 1. The number of ether oxygens (including phenoxy) is 1. The van der Waals surface area contributed by atoms with Crippen molar-refractivity contribution in [2.75, 3.05) is 13.1 Å². The molecule has 1 aliphatic heterocycles. The Morgan fingerprint density at radius 2 is 1.75 bits per heavy atom. The number of halogens is 3. The second kappa shape index (κ2) is 11.1. The van der Waals surface area contributed by atoms with E-state index in [2.05, 4.69) is 10.5 Å². The fourth-order valence-corrected chi connectivity index (χ4v) is 4.82. The summed E-state index contributed by atoms with van der Waals surface area (Å²) in [5, 5.41) is 0. The highest BCUT2D eigenvalue weighted by Gasteiger charge is 2.30. The number of rotatable bonds is 9. The number of hydroxylamine groups is 1. The van der Waals surface area contributed by atoms with Crippen molar-refractivity contribution >= 4 is 10.0 Å². The van der Waals surface area contributed by atoms with Gasteiger partial charge in [0.05, 0.1) is 18.4 Å². The molecule has 0 fully saturated rings. The monoisotopic (exact) mass is 519 g/mol. The molecule has 11 heteroatoms. The number of nitrogens with zero attached hydrogens (tertiary/aromatic N) is 2. The molecule has 1 N–H and O–H groups in total. The van der Waals surface area contributed by atoms with Gasteiger partial charge in [-0.05, 0) is 35.4 Å². The van der Waals surface area contributed by atoms with E-state index in [0.717, 1.165) is 17.7 Å². The molecule has 1 aromatic heterocycles. The van der Waals surface area contributed by atoms with Crippen LogP contribution in [0.3, 0.4) is 0 Å². The molecule has 2 heterocycles. The van der Waals surface area contributed by atoms with E-state index < -0.39 is 21.8 Å². The van der Waals surface area contributed by atoms with E-state index in [1.807, 2.05) is 30.3 Å². The Kier molecular flexibility index (Phi) is 7.92. The molecule has 2 aromatic carbocycles. The Bertz CT molecular complexity index is 1300. The van der Waals surface area contributed by atoms with Gasteiger partial charge in [0.2, 0.25) is 15.9 Å². The van der Waals surface area contributed by atoms with E-state index in [4.69, 9.17) is 9.57 Å². The molecule has 0 spiro atoms. The Labute approximate surface area is 207 Å².